The fourth-order valence-electron chi connectivity index (χ4n) is 4.32. The van der Waals surface area contributed by atoms with E-state index in [-0.39, 0.29) is 16.7 Å². The number of nitrogens with zero attached hydrogens (tertiary/aromatic N) is 3. The van der Waals surface area contributed by atoms with Gasteiger partial charge in [-0.25, -0.2) is 4.98 Å². The third-order valence-corrected chi connectivity index (χ3v) is 7.95. The summed E-state index contributed by atoms with van der Waals surface area (Å²) in [6.45, 7) is 6.30. The number of aryl methyl sites for hydroxylation is 1. The highest BCUT2D eigenvalue weighted by Gasteiger charge is 2.41. The molecule has 2 saturated heterocycles. The largest absolute Gasteiger partial charge is 0.347 e. The number of thiophene rings is 1. The molecule has 0 radical (unpaired) electrons. The van der Waals surface area contributed by atoms with Crippen LogP contribution in [0.25, 0.3) is 15.9 Å². The zero-order valence-electron chi connectivity index (χ0n) is 18.1. The predicted octanol–water partition coefficient (Wildman–Crippen LogP) is 3.60. The van der Waals surface area contributed by atoms with Crippen LogP contribution in [-0.4, -0.2) is 57.7 Å². The lowest BCUT2D eigenvalue weighted by Gasteiger charge is -2.38. The Kier molecular flexibility index (Phi) is 5.83. The number of aromatic nitrogens is 2. The second kappa shape index (κ2) is 8.62. The van der Waals surface area contributed by atoms with Crippen LogP contribution in [0.4, 0.5) is 0 Å². The summed E-state index contributed by atoms with van der Waals surface area (Å²) in [7, 11) is 0. The van der Waals surface area contributed by atoms with Gasteiger partial charge in [-0.2, -0.15) is 0 Å². The molecule has 9 heteroatoms. The van der Waals surface area contributed by atoms with Crippen molar-refractivity contribution < 1.29 is 14.3 Å². The van der Waals surface area contributed by atoms with Crippen molar-refractivity contribution in [2.75, 3.05) is 26.3 Å². The molecule has 32 heavy (non-hydrogen) atoms. The van der Waals surface area contributed by atoms with Gasteiger partial charge in [0.25, 0.3) is 5.56 Å². The van der Waals surface area contributed by atoms with Gasteiger partial charge >= 0.3 is 0 Å². The van der Waals surface area contributed by atoms with E-state index in [4.69, 9.17) is 14.5 Å². The lowest BCUT2D eigenvalue weighted by atomic mass is 10.0. The number of hydrogen-bond donors (Lipinski definition) is 0. The van der Waals surface area contributed by atoms with E-state index in [0.717, 1.165) is 11.3 Å². The fraction of sp³-hybridized carbons (Fsp3) is 0.435. The summed E-state index contributed by atoms with van der Waals surface area (Å²) in [6, 6.07) is 9.55. The molecule has 2 fully saturated rings. The van der Waals surface area contributed by atoms with Crippen molar-refractivity contribution in [3.8, 4) is 5.69 Å². The molecule has 2 aromatic heterocycles. The van der Waals surface area contributed by atoms with Crippen LogP contribution in [-0.2, 0) is 14.3 Å². The Balaban J connectivity index is 1.42. The van der Waals surface area contributed by atoms with E-state index >= 15 is 0 Å². The molecule has 4 heterocycles. The third kappa shape index (κ3) is 3.87. The van der Waals surface area contributed by atoms with Crippen molar-refractivity contribution in [3.63, 3.8) is 0 Å². The molecule has 1 amide bonds. The van der Waals surface area contributed by atoms with Gasteiger partial charge < -0.3 is 14.4 Å². The zero-order valence-corrected chi connectivity index (χ0v) is 19.7. The minimum Gasteiger partial charge on any atom is -0.347 e. The standard InChI is InChI=1S/C23H25N3O4S2/c1-15-5-3-4-6-18(15)26-21(28)17-7-14-31-19(17)24-22(26)32-16(2)20(27)25-10-8-23(9-11-25)29-12-13-30-23/h3-7,14,16H,8-13H2,1-2H3. The average molecular weight is 472 g/mol. The second-order valence-corrected chi connectivity index (χ2v) is 10.4. The number of benzene rings is 1. The number of thioether (sulfide) groups is 1. The zero-order chi connectivity index (χ0) is 22.3. The van der Waals surface area contributed by atoms with Gasteiger partial charge in [0.1, 0.15) is 4.83 Å². The van der Waals surface area contributed by atoms with Gasteiger partial charge in [-0.05, 0) is 36.9 Å². The third-order valence-electron chi connectivity index (χ3n) is 6.10. The van der Waals surface area contributed by atoms with Crippen molar-refractivity contribution in [2.45, 2.75) is 42.9 Å². The highest BCUT2D eigenvalue weighted by atomic mass is 32.2. The Morgan fingerprint density at radius 3 is 2.62 bits per heavy atom. The van der Waals surface area contributed by atoms with E-state index in [0.29, 0.717) is 54.5 Å². The molecule has 1 unspecified atom stereocenters. The topological polar surface area (TPSA) is 73.7 Å². The summed E-state index contributed by atoms with van der Waals surface area (Å²) < 4.78 is 13.2. The number of ether oxygens (including phenoxy) is 2. The Bertz CT molecular complexity index is 1210. The number of hydrogen-bond acceptors (Lipinski definition) is 7. The molecule has 2 aliphatic rings. The lowest BCUT2D eigenvalue weighted by molar-refractivity contribution is -0.187. The van der Waals surface area contributed by atoms with Crippen LogP contribution in [0.2, 0.25) is 0 Å². The minimum atomic E-state index is -0.510. The van der Waals surface area contributed by atoms with Gasteiger partial charge in [0.2, 0.25) is 5.91 Å². The number of amides is 1. The number of carbonyl (C=O) groups excluding carboxylic acids is 1. The first-order chi connectivity index (χ1) is 15.5. The summed E-state index contributed by atoms with van der Waals surface area (Å²) in [4.78, 5) is 33.9. The molecular formula is C23H25N3O4S2. The van der Waals surface area contributed by atoms with Crippen molar-refractivity contribution >= 4 is 39.2 Å². The van der Waals surface area contributed by atoms with E-state index in [1.165, 1.54) is 23.1 Å². The van der Waals surface area contributed by atoms with Crippen molar-refractivity contribution in [2.24, 2.45) is 0 Å². The maximum absolute atomic E-state index is 13.4. The predicted molar refractivity (Wildman–Crippen MR) is 126 cm³/mol. The van der Waals surface area contributed by atoms with Gasteiger partial charge in [0.15, 0.2) is 10.9 Å². The van der Waals surface area contributed by atoms with E-state index in [1.54, 1.807) is 4.57 Å². The summed E-state index contributed by atoms with van der Waals surface area (Å²) in [5, 5.41) is 2.63. The quantitative estimate of drug-likeness (QED) is 0.428. The minimum absolute atomic E-state index is 0.0414. The van der Waals surface area contributed by atoms with Gasteiger partial charge in [-0.3, -0.25) is 14.2 Å². The van der Waals surface area contributed by atoms with Gasteiger partial charge in [-0.15, -0.1) is 11.3 Å². The Morgan fingerprint density at radius 1 is 1.19 bits per heavy atom. The normalized spacial score (nSPS) is 19.0. The smallest absolute Gasteiger partial charge is 0.267 e. The molecular weight excluding hydrogens is 446 g/mol. The van der Waals surface area contributed by atoms with Crippen LogP contribution in [0.3, 0.4) is 0 Å². The number of carbonyl (C=O) groups is 1. The first kappa shape index (κ1) is 21.6. The number of piperidine rings is 1. The lowest BCUT2D eigenvalue weighted by Crippen LogP contribution is -2.49. The number of para-hydroxylation sites is 1. The van der Waals surface area contributed by atoms with Crippen LogP contribution in [0.15, 0.2) is 45.7 Å². The Morgan fingerprint density at radius 2 is 1.91 bits per heavy atom. The molecule has 7 nitrogen and oxygen atoms in total. The van der Waals surface area contributed by atoms with Crippen molar-refractivity contribution in [1.82, 2.24) is 14.5 Å². The molecule has 1 aromatic carbocycles. The summed E-state index contributed by atoms with van der Waals surface area (Å²) in [5.41, 5.74) is 1.66. The van der Waals surface area contributed by atoms with Crippen LogP contribution >= 0.6 is 23.1 Å². The summed E-state index contributed by atoms with van der Waals surface area (Å²) in [6.07, 6.45) is 1.37. The Labute approximate surface area is 194 Å². The van der Waals surface area contributed by atoms with Crippen LogP contribution in [0.1, 0.15) is 25.3 Å². The average Bonchev–Trinajstić information content (AvgIpc) is 3.45. The van der Waals surface area contributed by atoms with Gasteiger partial charge in [0.05, 0.1) is 29.5 Å². The van der Waals surface area contributed by atoms with Crippen molar-refractivity contribution in [1.29, 1.82) is 0 Å². The maximum atomic E-state index is 13.4. The van der Waals surface area contributed by atoms with Crippen LogP contribution in [0, 0.1) is 6.92 Å². The van der Waals surface area contributed by atoms with E-state index in [1.807, 2.05) is 54.5 Å². The van der Waals surface area contributed by atoms with Crippen LogP contribution < -0.4 is 5.56 Å². The van der Waals surface area contributed by atoms with E-state index < -0.39 is 5.79 Å². The van der Waals surface area contributed by atoms with Crippen molar-refractivity contribution in [3.05, 3.63) is 51.6 Å². The number of rotatable bonds is 4. The number of fused-ring (bicyclic) bond motifs is 1. The molecule has 0 saturated carbocycles. The molecule has 5 rings (SSSR count). The molecule has 1 atom stereocenters. The summed E-state index contributed by atoms with van der Waals surface area (Å²) >= 11 is 2.77. The molecule has 0 bridgehead atoms. The first-order valence-corrected chi connectivity index (χ1v) is 12.5. The molecule has 2 aliphatic heterocycles. The molecule has 0 N–H and O–H groups in total. The van der Waals surface area contributed by atoms with Gasteiger partial charge in [-0.1, -0.05) is 30.0 Å². The van der Waals surface area contributed by atoms with Crippen LogP contribution in [0.5, 0.6) is 0 Å². The van der Waals surface area contributed by atoms with Gasteiger partial charge in [0, 0.05) is 25.9 Å². The summed E-state index contributed by atoms with van der Waals surface area (Å²) in [5.74, 6) is -0.468. The SMILES string of the molecule is Cc1ccccc1-n1c(SC(C)C(=O)N2CCC3(CC2)OCCO3)nc2sccc2c1=O. The molecule has 0 aliphatic carbocycles. The second-order valence-electron chi connectivity index (χ2n) is 8.15. The maximum Gasteiger partial charge on any atom is 0.267 e. The first-order valence-electron chi connectivity index (χ1n) is 10.8. The molecule has 168 valence electrons. The fourth-order valence-corrected chi connectivity index (χ4v) is 6.13. The highest BCUT2D eigenvalue weighted by molar-refractivity contribution is 8.00. The molecule has 1 spiro atoms. The molecule has 3 aromatic rings. The Hall–Kier alpha value is -2.20. The van der Waals surface area contributed by atoms with E-state index in [9.17, 15) is 9.59 Å². The number of likely N-dealkylation sites (tertiary alicyclic amines) is 1. The highest BCUT2D eigenvalue weighted by Crippen LogP contribution is 2.33. The monoisotopic (exact) mass is 471 g/mol. The van der Waals surface area contributed by atoms with E-state index in [2.05, 4.69) is 0 Å².